The predicted octanol–water partition coefficient (Wildman–Crippen LogP) is 4.89. The molecule has 2 heterocycles. The topological polar surface area (TPSA) is 80.7 Å². The van der Waals surface area contributed by atoms with E-state index in [9.17, 15) is 9.59 Å². The fraction of sp³-hybridized carbons (Fsp3) is 0.321. The molecule has 0 saturated carbocycles. The summed E-state index contributed by atoms with van der Waals surface area (Å²) in [5.41, 5.74) is 3.48. The van der Waals surface area contributed by atoms with Crippen LogP contribution in [0.15, 0.2) is 75.9 Å². The molecule has 0 radical (unpaired) electrons. The number of thioether (sulfide) groups is 1. The summed E-state index contributed by atoms with van der Waals surface area (Å²) in [4.78, 5) is 34.9. The first-order chi connectivity index (χ1) is 17.9. The number of carbonyl (C=O) groups is 2. The van der Waals surface area contributed by atoms with Gasteiger partial charge in [0.2, 0.25) is 5.91 Å². The number of benzene rings is 2. The first kappa shape index (κ1) is 26.3. The van der Waals surface area contributed by atoms with E-state index < -0.39 is 12.0 Å². The molecular weight excluding hydrogens is 490 g/mol. The van der Waals surface area contributed by atoms with Gasteiger partial charge in [0.05, 0.1) is 44.6 Å². The van der Waals surface area contributed by atoms with Gasteiger partial charge < -0.3 is 24.0 Å². The van der Waals surface area contributed by atoms with Gasteiger partial charge in [0.25, 0.3) is 0 Å². The Morgan fingerprint density at radius 2 is 1.84 bits per heavy atom. The van der Waals surface area contributed by atoms with Gasteiger partial charge in [0, 0.05) is 24.9 Å². The largest absolute Gasteiger partial charge is 0.493 e. The smallest absolute Gasteiger partial charge is 0.338 e. The lowest BCUT2D eigenvalue weighted by Crippen LogP contribution is -2.38. The third-order valence-electron chi connectivity index (χ3n) is 6.24. The second-order valence-electron chi connectivity index (χ2n) is 8.61. The predicted molar refractivity (Wildman–Crippen MR) is 144 cm³/mol. The van der Waals surface area contributed by atoms with E-state index in [4.69, 9.17) is 19.2 Å². The standard InChI is InChI=1S/C28H31N3O5S/c1-6-36-27(33)24-18(2)29-28-31(25(24)21-13-10-14-22(34-4)26(21)35-5)20(17-37-28)15-23(32)30(3)16-19-11-8-7-9-12-19/h7-14,17,25H,6,15-16H2,1-5H3. The van der Waals surface area contributed by atoms with E-state index >= 15 is 0 Å². The average molecular weight is 522 g/mol. The van der Waals surface area contributed by atoms with Crippen LogP contribution in [-0.4, -0.2) is 54.7 Å². The van der Waals surface area contributed by atoms with Gasteiger partial charge in [-0.1, -0.05) is 54.2 Å². The number of amides is 1. The maximum absolute atomic E-state index is 13.3. The van der Waals surface area contributed by atoms with Crippen LogP contribution in [0.3, 0.4) is 0 Å². The molecule has 1 unspecified atom stereocenters. The summed E-state index contributed by atoms with van der Waals surface area (Å²) >= 11 is 1.43. The minimum absolute atomic E-state index is 0.0442. The number of methoxy groups -OCH3 is 2. The fourth-order valence-electron chi connectivity index (χ4n) is 4.50. The number of ether oxygens (including phenoxy) is 3. The first-order valence-electron chi connectivity index (χ1n) is 12.0. The Morgan fingerprint density at radius 3 is 2.51 bits per heavy atom. The van der Waals surface area contributed by atoms with E-state index in [2.05, 4.69) is 0 Å². The van der Waals surface area contributed by atoms with Crippen molar-refractivity contribution in [1.82, 2.24) is 9.80 Å². The second kappa shape index (κ2) is 11.6. The van der Waals surface area contributed by atoms with Gasteiger partial charge in [0.1, 0.15) is 0 Å². The zero-order valence-corrected chi connectivity index (χ0v) is 22.5. The van der Waals surface area contributed by atoms with Crippen LogP contribution in [0.1, 0.15) is 37.4 Å². The van der Waals surface area contributed by atoms with Crippen molar-refractivity contribution in [3.05, 3.63) is 82.0 Å². The lowest BCUT2D eigenvalue weighted by Gasteiger charge is -2.37. The van der Waals surface area contributed by atoms with E-state index in [1.165, 1.54) is 11.8 Å². The summed E-state index contributed by atoms with van der Waals surface area (Å²) in [6, 6.07) is 14.8. The maximum atomic E-state index is 13.3. The van der Waals surface area contributed by atoms with Crippen molar-refractivity contribution >= 4 is 28.8 Å². The van der Waals surface area contributed by atoms with Crippen molar-refractivity contribution in [2.24, 2.45) is 4.99 Å². The second-order valence-corrected chi connectivity index (χ2v) is 9.44. The van der Waals surface area contributed by atoms with Crippen LogP contribution >= 0.6 is 11.8 Å². The zero-order valence-electron chi connectivity index (χ0n) is 21.7. The molecule has 0 fully saturated rings. The minimum atomic E-state index is -0.606. The van der Waals surface area contributed by atoms with Crippen LogP contribution in [0.4, 0.5) is 0 Å². The minimum Gasteiger partial charge on any atom is -0.493 e. The molecule has 1 atom stereocenters. The third-order valence-corrected chi connectivity index (χ3v) is 7.13. The summed E-state index contributed by atoms with van der Waals surface area (Å²) < 4.78 is 16.7. The number of hydrogen-bond donors (Lipinski definition) is 0. The van der Waals surface area contributed by atoms with Crippen molar-refractivity contribution in [3.63, 3.8) is 0 Å². The van der Waals surface area contributed by atoms with Crippen LogP contribution < -0.4 is 9.47 Å². The number of esters is 1. The summed E-state index contributed by atoms with van der Waals surface area (Å²) in [7, 11) is 4.93. The number of para-hydroxylation sites is 1. The monoisotopic (exact) mass is 521 g/mol. The Bertz CT molecular complexity index is 1270. The van der Waals surface area contributed by atoms with E-state index in [1.54, 1.807) is 46.1 Å². The number of allylic oxidation sites excluding steroid dienone is 1. The highest BCUT2D eigenvalue weighted by Gasteiger charge is 2.42. The molecule has 9 heteroatoms. The van der Waals surface area contributed by atoms with Crippen molar-refractivity contribution in [3.8, 4) is 11.5 Å². The van der Waals surface area contributed by atoms with Crippen molar-refractivity contribution < 1.29 is 23.8 Å². The van der Waals surface area contributed by atoms with Crippen LogP contribution in [0, 0.1) is 0 Å². The molecule has 8 nitrogen and oxygen atoms in total. The Hall–Kier alpha value is -3.72. The lowest BCUT2D eigenvalue weighted by atomic mass is 9.92. The molecule has 2 aromatic carbocycles. The van der Waals surface area contributed by atoms with Crippen LogP contribution in [0.5, 0.6) is 11.5 Å². The molecule has 0 saturated heterocycles. The summed E-state index contributed by atoms with van der Waals surface area (Å²) in [5, 5.41) is 2.61. The van der Waals surface area contributed by atoms with E-state index in [1.807, 2.05) is 52.8 Å². The highest BCUT2D eigenvalue weighted by Crippen LogP contribution is 2.48. The lowest BCUT2D eigenvalue weighted by molar-refractivity contribution is -0.139. The zero-order chi connectivity index (χ0) is 26.5. The van der Waals surface area contributed by atoms with Crippen LogP contribution in [0.25, 0.3) is 0 Å². The number of nitrogens with zero attached hydrogens (tertiary/aromatic N) is 3. The first-order valence-corrected chi connectivity index (χ1v) is 12.9. The molecule has 2 aliphatic heterocycles. The summed E-state index contributed by atoms with van der Waals surface area (Å²) in [6.45, 7) is 4.30. The van der Waals surface area contributed by atoms with Crippen LogP contribution in [-0.2, 0) is 20.9 Å². The van der Waals surface area contributed by atoms with Crippen molar-refractivity contribution in [2.45, 2.75) is 32.9 Å². The molecular formula is C28H31N3O5S. The van der Waals surface area contributed by atoms with Crippen molar-refractivity contribution in [1.29, 1.82) is 0 Å². The Balaban J connectivity index is 1.71. The van der Waals surface area contributed by atoms with E-state index in [0.29, 0.717) is 34.5 Å². The molecule has 0 aromatic heterocycles. The quantitative estimate of drug-likeness (QED) is 0.435. The molecule has 4 rings (SSSR count). The molecule has 194 valence electrons. The molecule has 0 N–H and O–H groups in total. The number of carbonyl (C=O) groups excluding carboxylic acids is 2. The number of aliphatic imine (C=N–C) groups is 1. The number of rotatable bonds is 9. The van der Waals surface area contributed by atoms with Gasteiger partial charge in [-0.15, -0.1) is 0 Å². The highest BCUT2D eigenvalue weighted by atomic mass is 32.2. The van der Waals surface area contributed by atoms with Gasteiger partial charge in [-0.25, -0.2) is 9.79 Å². The normalized spacial score (nSPS) is 16.6. The third kappa shape index (κ3) is 5.36. The van der Waals surface area contributed by atoms with Gasteiger partial charge in [-0.05, 0) is 30.9 Å². The Morgan fingerprint density at radius 1 is 1.08 bits per heavy atom. The van der Waals surface area contributed by atoms with Crippen molar-refractivity contribution in [2.75, 3.05) is 27.9 Å². The van der Waals surface area contributed by atoms with Crippen LogP contribution in [0.2, 0.25) is 0 Å². The van der Waals surface area contributed by atoms with Gasteiger partial charge >= 0.3 is 5.97 Å². The number of amidine groups is 1. The molecule has 1 amide bonds. The Labute approximate surface area is 221 Å². The van der Waals surface area contributed by atoms with Gasteiger partial charge in [-0.3, -0.25) is 4.79 Å². The summed E-state index contributed by atoms with van der Waals surface area (Å²) in [6.07, 6.45) is 0.146. The SMILES string of the molecule is CCOC(=O)C1=C(C)N=C2SC=C(CC(=O)N(C)Cc3ccccc3)N2C1c1cccc(OC)c1OC. The fourth-order valence-corrected chi connectivity index (χ4v) is 5.46. The van der Waals surface area contributed by atoms with E-state index in [-0.39, 0.29) is 18.9 Å². The number of fused-ring (bicyclic) bond motifs is 1. The number of hydrogen-bond acceptors (Lipinski definition) is 8. The van der Waals surface area contributed by atoms with Gasteiger partial charge in [-0.2, -0.15) is 0 Å². The molecule has 2 aromatic rings. The maximum Gasteiger partial charge on any atom is 0.338 e. The molecule has 2 aliphatic rings. The average Bonchev–Trinajstić information content (AvgIpc) is 3.29. The molecule has 37 heavy (non-hydrogen) atoms. The highest BCUT2D eigenvalue weighted by molar-refractivity contribution is 8.16. The molecule has 0 aliphatic carbocycles. The van der Waals surface area contributed by atoms with E-state index in [0.717, 1.165) is 16.8 Å². The molecule has 0 spiro atoms. The summed E-state index contributed by atoms with van der Waals surface area (Å²) in [5.74, 6) is 0.550. The molecule has 0 bridgehead atoms. The van der Waals surface area contributed by atoms with Gasteiger partial charge in [0.15, 0.2) is 16.7 Å². The Kier molecular flexibility index (Phi) is 8.23.